The van der Waals surface area contributed by atoms with Crippen molar-refractivity contribution in [1.82, 2.24) is 9.97 Å². The number of aromatic nitrogens is 2. The lowest BCUT2D eigenvalue weighted by molar-refractivity contribution is 0.413. The van der Waals surface area contributed by atoms with Gasteiger partial charge in [0.25, 0.3) is 5.56 Å². The Balaban J connectivity index is 2.90. The number of nitriles is 1. The highest BCUT2D eigenvalue weighted by atomic mass is 32.2. The number of methoxy groups -OCH3 is 1. The van der Waals surface area contributed by atoms with Gasteiger partial charge in [-0.15, -0.1) is 0 Å². The van der Waals surface area contributed by atoms with Crippen LogP contribution >= 0.6 is 11.8 Å². The second kappa shape index (κ2) is 6.44. The van der Waals surface area contributed by atoms with E-state index in [2.05, 4.69) is 9.97 Å². The second-order valence-corrected chi connectivity index (χ2v) is 7.32. The third-order valence-electron chi connectivity index (χ3n) is 3.05. The molecule has 0 saturated heterocycles. The summed E-state index contributed by atoms with van der Waals surface area (Å²) in [4.78, 5) is 18.6. The van der Waals surface area contributed by atoms with E-state index in [-0.39, 0.29) is 21.7 Å². The Labute approximate surface area is 137 Å². The molecule has 9 heteroatoms. The lowest BCUT2D eigenvalue weighted by Crippen LogP contribution is -2.15. The summed E-state index contributed by atoms with van der Waals surface area (Å²) in [6.07, 6.45) is 2.75. The third-order valence-corrected chi connectivity index (χ3v) is 4.76. The van der Waals surface area contributed by atoms with Gasteiger partial charge in [0.05, 0.1) is 17.7 Å². The minimum atomic E-state index is -3.62. The molecule has 120 valence electrons. The SMILES string of the molecule is COc1ccc(-c2nc(SC)[nH]c(=O)c2C#N)c(S(C)(=O)=O)c1. The molecule has 23 heavy (non-hydrogen) atoms. The van der Waals surface area contributed by atoms with Gasteiger partial charge in [-0.2, -0.15) is 5.26 Å². The van der Waals surface area contributed by atoms with Gasteiger partial charge in [-0.25, -0.2) is 13.4 Å². The highest BCUT2D eigenvalue weighted by Gasteiger charge is 2.21. The number of hydrogen-bond donors (Lipinski definition) is 1. The number of H-pyrrole nitrogens is 1. The van der Waals surface area contributed by atoms with Gasteiger partial charge < -0.3 is 9.72 Å². The topological polar surface area (TPSA) is 113 Å². The fourth-order valence-corrected chi connectivity index (χ4v) is 3.25. The molecule has 0 unspecified atom stereocenters. The van der Waals surface area contributed by atoms with Gasteiger partial charge in [-0.3, -0.25) is 4.79 Å². The number of benzene rings is 1. The van der Waals surface area contributed by atoms with Crippen molar-refractivity contribution in [3.8, 4) is 23.1 Å². The molecule has 0 spiro atoms. The third kappa shape index (κ3) is 3.38. The highest BCUT2D eigenvalue weighted by molar-refractivity contribution is 7.98. The van der Waals surface area contributed by atoms with E-state index in [9.17, 15) is 18.5 Å². The van der Waals surface area contributed by atoms with Gasteiger partial charge in [0.1, 0.15) is 17.4 Å². The van der Waals surface area contributed by atoms with Crippen molar-refractivity contribution < 1.29 is 13.2 Å². The zero-order chi connectivity index (χ0) is 17.2. The average Bonchev–Trinajstić information content (AvgIpc) is 2.52. The van der Waals surface area contributed by atoms with E-state index in [0.717, 1.165) is 6.26 Å². The molecule has 0 radical (unpaired) electrons. The van der Waals surface area contributed by atoms with Crippen molar-refractivity contribution in [2.24, 2.45) is 0 Å². The number of aromatic amines is 1. The average molecular weight is 351 g/mol. The molecular weight excluding hydrogens is 338 g/mol. The number of ether oxygens (including phenoxy) is 1. The molecule has 0 aliphatic carbocycles. The van der Waals surface area contributed by atoms with E-state index in [4.69, 9.17) is 4.74 Å². The summed E-state index contributed by atoms with van der Waals surface area (Å²) in [5, 5.41) is 9.52. The first-order valence-electron chi connectivity index (χ1n) is 6.28. The lowest BCUT2D eigenvalue weighted by Gasteiger charge is -2.11. The first kappa shape index (κ1) is 17.1. The Kier molecular flexibility index (Phi) is 4.77. The van der Waals surface area contributed by atoms with Crippen LogP contribution in [0.25, 0.3) is 11.3 Å². The number of rotatable bonds is 4. The van der Waals surface area contributed by atoms with Gasteiger partial charge in [0.15, 0.2) is 15.0 Å². The highest BCUT2D eigenvalue weighted by Crippen LogP contribution is 2.31. The molecule has 1 heterocycles. The fraction of sp³-hybridized carbons (Fsp3) is 0.214. The smallest absolute Gasteiger partial charge is 0.270 e. The summed E-state index contributed by atoms with van der Waals surface area (Å²) >= 11 is 1.18. The first-order chi connectivity index (χ1) is 10.8. The van der Waals surface area contributed by atoms with Crippen molar-refractivity contribution in [3.63, 3.8) is 0 Å². The summed E-state index contributed by atoms with van der Waals surface area (Å²) in [6, 6.07) is 6.14. The molecule has 0 bridgehead atoms. The summed E-state index contributed by atoms with van der Waals surface area (Å²) < 4.78 is 29.2. The first-order valence-corrected chi connectivity index (χ1v) is 9.40. The molecule has 2 rings (SSSR count). The maximum absolute atomic E-state index is 12.1. The fourth-order valence-electron chi connectivity index (χ4n) is 1.98. The quantitative estimate of drug-likeness (QED) is 0.655. The maximum Gasteiger partial charge on any atom is 0.270 e. The number of hydrogen-bond acceptors (Lipinski definition) is 7. The minimum absolute atomic E-state index is 0.0312. The van der Waals surface area contributed by atoms with Crippen molar-refractivity contribution in [2.75, 3.05) is 19.6 Å². The van der Waals surface area contributed by atoms with Crippen LogP contribution in [0.3, 0.4) is 0 Å². The molecule has 7 nitrogen and oxygen atoms in total. The molecule has 2 aromatic rings. The van der Waals surface area contributed by atoms with Crippen molar-refractivity contribution in [3.05, 3.63) is 34.1 Å². The molecule has 1 aromatic carbocycles. The van der Waals surface area contributed by atoms with Crippen molar-refractivity contribution in [1.29, 1.82) is 5.26 Å². The number of nitrogens with one attached hydrogen (secondary N) is 1. The van der Waals surface area contributed by atoms with Crippen molar-refractivity contribution >= 4 is 21.6 Å². The number of thioether (sulfide) groups is 1. The normalized spacial score (nSPS) is 11.0. The zero-order valence-electron chi connectivity index (χ0n) is 12.6. The van der Waals surface area contributed by atoms with Gasteiger partial charge in [-0.05, 0) is 24.5 Å². The van der Waals surface area contributed by atoms with Gasteiger partial charge in [0.2, 0.25) is 0 Å². The molecule has 0 fully saturated rings. The Morgan fingerprint density at radius 1 is 1.39 bits per heavy atom. The van der Waals surface area contributed by atoms with E-state index >= 15 is 0 Å². The summed E-state index contributed by atoms with van der Waals surface area (Å²) in [6.45, 7) is 0. The van der Waals surface area contributed by atoms with E-state index in [0.29, 0.717) is 10.9 Å². The summed E-state index contributed by atoms with van der Waals surface area (Å²) in [5.41, 5.74) is -0.634. The van der Waals surface area contributed by atoms with E-state index in [1.165, 1.54) is 31.0 Å². The number of nitrogens with zero attached hydrogens (tertiary/aromatic N) is 2. The van der Waals surface area contributed by atoms with E-state index < -0.39 is 15.4 Å². The summed E-state index contributed by atoms with van der Waals surface area (Å²) in [5.74, 6) is 0.350. The largest absolute Gasteiger partial charge is 0.497 e. The summed E-state index contributed by atoms with van der Waals surface area (Å²) in [7, 11) is -2.20. The van der Waals surface area contributed by atoms with Gasteiger partial charge in [0, 0.05) is 11.8 Å². The van der Waals surface area contributed by atoms with Gasteiger partial charge in [-0.1, -0.05) is 11.8 Å². The van der Waals surface area contributed by atoms with Crippen LogP contribution in [-0.4, -0.2) is 38.0 Å². The molecule has 1 N–H and O–H groups in total. The van der Waals surface area contributed by atoms with Crippen LogP contribution in [0, 0.1) is 11.3 Å². The van der Waals surface area contributed by atoms with Gasteiger partial charge >= 0.3 is 0 Å². The Bertz CT molecular complexity index is 959. The molecule has 0 amide bonds. The van der Waals surface area contributed by atoms with E-state index in [1.807, 2.05) is 0 Å². The minimum Gasteiger partial charge on any atom is -0.497 e. The molecule has 0 aliphatic rings. The Morgan fingerprint density at radius 3 is 2.61 bits per heavy atom. The second-order valence-electron chi connectivity index (χ2n) is 4.54. The van der Waals surface area contributed by atoms with Crippen LogP contribution in [0.2, 0.25) is 0 Å². The standard InChI is InChI=1S/C14H13N3O4S2/c1-21-8-4-5-9(11(6-8)23(3,19)20)12-10(7-15)13(18)17-14(16-12)22-2/h4-6H,1-3H3,(H,16,17,18). The lowest BCUT2D eigenvalue weighted by atomic mass is 10.1. The van der Waals surface area contributed by atoms with Crippen LogP contribution in [0.1, 0.15) is 5.56 Å². The monoisotopic (exact) mass is 351 g/mol. The van der Waals surface area contributed by atoms with E-state index in [1.54, 1.807) is 18.4 Å². The van der Waals surface area contributed by atoms with Crippen LogP contribution < -0.4 is 10.3 Å². The molecule has 0 atom stereocenters. The van der Waals surface area contributed by atoms with Crippen LogP contribution in [-0.2, 0) is 9.84 Å². The Hall–Kier alpha value is -2.31. The molecule has 0 aliphatic heterocycles. The molecule has 0 saturated carbocycles. The number of sulfone groups is 1. The van der Waals surface area contributed by atoms with Crippen molar-refractivity contribution in [2.45, 2.75) is 10.1 Å². The predicted octanol–water partition coefficient (Wildman–Crippen LogP) is 1.44. The molecule has 1 aromatic heterocycles. The maximum atomic E-state index is 12.1. The predicted molar refractivity (Wildman–Crippen MR) is 86.5 cm³/mol. The molecular formula is C14H13N3O4S2. The van der Waals surface area contributed by atoms with Crippen LogP contribution in [0.5, 0.6) is 5.75 Å². The van der Waals surface area contributed by atoms with Crippen LogP contribution in [0.15, 0.2) is 33.0 Å². The Morgan fingerprint density at radius 2 is 2.09 bits per heavy atom. The van der Waals surface area contributed by atoms with Crippen LogP contribution in [0.4, 0.5) is 0 Å². The zero-order valence-corrected chi connectivity index (χ0v) is 14.2.